The lowest BCUT2D eigenvalue weighted by Gasteiger charge is -2.39. The molecule has 2 unspecified atom stereocenters. The van der Waals surface area contributed by atoms with Crippen molar-refractivity contribution in [3.05, 3.63) is 30.3 Å². The highest BCUT2D eigenvalue weighted by atomic mass is 32.2. The zero-order chi connectivity index (χ0) is 14.5. The van der Waals surface area contributed by atoms with Crippen molar-refractivity contribution >= 4 is 17.4 Å². The maximum Gasteiger partial charge on any atom is 0.0366 e. The number of thioether (sulfide) groups is 1. The first-order chi connectivity index (χ1) is 10.4. The van der Waals surface area contributed by atoms with Crippen LogP contribution in [0, 0.1) is 0 Å². The number of nitrogens with one attached hydrogen (secondary N) is 1. The zero-order valence-corrected chi connectivity index (χ0v) is 13.9. The molecular formula is C18H28N2S. The molecule has 1 saturated heterocycles. The van der Waals surface area contributed by atoms with Crippen LogP contribution in [0.2, 0.25) is 0 Å². The van der Waals surface area contributed by atoms with Crippen molar-refractivity contribution < 1.29 is 0 Å². The van der Waals surface area contributed by atoms with Gasteiger partial charge in [-0.3, -0.25) is 0 Å². The van der Waals surface area contributed by atoms with Crippen LogP contribution in [0.15, 0.2) is 30.3 Å². The minimum Gasteiger partial charge on any atom is -0.371 e. The highest BCUT2D eigenvalue weighted by Crippen LogP contribution is 2.28. The molecule has 0 amide bonds. The number of rotatable bonds is 4. The van der Waals surface area contributed by atoms with Crippen molar-refractivity contribution in [2.45, 2.75) is 55.9 Å². The molecule has 1 aliphatic carbocycles. The zero-order valence-electron chi connectivity index (χ0n) is 13.1. The van der Waals surface area contributed by atoms with Crippen LogP contribution in [0.25, 0.3) is 0 Å². The van der Waals surface area contributed by atoms with Gasteiger partial charge in [0.1, 0.15) is 0 Å². The van der Waals surface area contributed by atoms with Gasteiger partial charge in [-0.2, -0.15) is 11.8 Å². The van der Waals surface area contributed by atoms with Crippen LogP contribution in [0.5, 0.6) is 0 Å². The maximum absolute atomic E-state index is 3.98. The summed E-state index contributed by atoms with van der Waals surface area (Å²) < 4.78 is 0. The van der Waals surface area contributed by atoms with Crippen molar-refractivity contribution in [3.63, 3.8) is 0 Å². The minimum absolute atomic E-state index is 0.725. The first-order valence-electron chi connectivity index (χ1n) is 8.45. The van der Waals surface area contributed by atoms with E-state index in [2.05, 4.69) is 58.6 Å². The van der Waals surface area contributed by atoms with Crippen molar-refractivity contribution in [2.24, 2.45) is 0 Å². The monoisotopic (exact) mass is 304 g/mol. The van der Waals surface area contributed by atoms with Gasteiger partial charge in [-0.05, 0) is 44.1 Å². The van der Waals surface area contributed by atoms with E-state index in [-0.39, 0.29) is 0 Å². The first kappa shape index (κ1) is 15.2. The highest BCUT2D eigenvalue weighted by Gasteiger charge is 2.28. The van der Waals surface area contributed by atoms with Gasteiger partial charge >= 0.3 is 0 Å². The molecule has 1 aromatic carbocycles. The molecule has 3 rings (SSSR count). The molecule has 0 spiro atoms. The second kappa shape index (κ2) is 7.55. The number of para-hydroxylation sites is 1. The van der Waals surface area contributed by atoms with Gasteiger partial charge in [0.2, 0.25) is 0 Å². The van der Waals surface area contributed by atoms with Crippen molar-refractivity contribution in [3.8, 4) is 0 Å². The molecule has 1 N–H and O–H groups in total. The quantitative estimate of drug-likeness (QED) is 0.907. The Kier molecular flexibility index (Phi) is 5.48. The Morgan fingerprint density at radius 2 is 1.71 bits per heavy atom. The smallest absolute Gasteiger partial charge is 0.0366 e. The summed E-state index contributed by atoms with van der Waals surface area (Å²) in [6.45, 7) is 2.39. The Bertz CT molecular complexity index is 414. The summed E-state index contributed by atoms with van der Waals surface area (Å²) in [5, 5.41) is 4.82. The number of nitrogens with zero attached hydrogens (tertiary/aromatic N) is 1. The van der Waals surface area contributed by atoms with Gasteiger partial charge in [0.15, 0.2) is 0 Å². The van der Waals surface area contributed by atoms with E-state index in [1.807, 2.05) is 0 Å². The largest absolute Gasteiger partial charge is 0.371 e. The van der Waals surface area contributed by atoms with Gasteiger partial charge in [-0.15, -0.1) is 0 Å². The van der Waals surface area contributed by atoms with E-state index in [4.69, 9.17) is 0 Å². The van der Waals surface area contributed by atoms with Crippen LogP contribution >= 0.6 is 11.8 Å². The Balaban J connectivity index is 1.49. The Morgan fingerprint density at radius 3 is 2.43 bits per heavy atom. The van der Waals surface area contributed by atoms with Crippen LogP contribution < -0.4 is 10.2 Å². The number of anilines is 1. The van der Waals surface area contributed by atoms with E-state index in [0.717, 1.165) is 17.3 Å². The van der Waals surface area contributed by atoms with Gasteiger partial charge in [0.25, 0.3) is 0 Å². The molecule has 2 aliphatic rings. The van der Waals surface area contributed by atoms with Crippen LogP contribution in [0.4, 0.5) is 5.69 Å². The summed E-state index contributed by atoms with van der Waals surface area (Å²) in [7, 11) is 0. The number of hydrogen-bond acceptors (Lipinski definition) is 3. The Hall–Kier alpha value is -0.670. The maximum atomic E-state index is 3.98. The number of benzene rings is 1. The fourth-order valence-electron chi connectivity index (χ4n) is 3.82. The molecule has 1 heterocycles. The fraction of sp³-hybridized carbons (Fsp3) is 0.667. The molecule has 0 bridgehead atoms. The summed E-state index contributed by atoms with van der Waals surface area (Å²) in [5.74, 6) is 0. The average Bonchev–Trinajstić information content (AvgIpc) is 2.57. The molecule has 2 fully saturated rings. The van der Waals surface area contributed by atoms with E-state index < -0.39 is 0 Å². The molecule has 21 heavy (non-hydrogen) atoms. The average molecular weight is 305 g/mol. The van der Waals surface area contributed by atoms with Crippen LogP contribution in [0.1, 0.15) is 38.5 Å². The topological polar surface area (TPSA) is 15.3 Å². The standard InChI is InChI=1S/C18H28N2S/c1-21-18-10-6-5-9-17(18)19-15-11-13-20(14-12-15)16-7-3-2-4-8-16/h2-4,7-8,15,17-19H,5-6,9-14H2,1H3. The predicted molar refractivity (Wildman–Crippen MR) is 94.4 cm³/mol. The Morgan fingerprint density at radius 1 is 1.00 bits per heavy atom. The lowest BCUT2D eigenvalue weighted by molar-refractivity contribution is 0.314. The molecule has 1 saturated carbocycles. The van der Waals surface area contributed by atoms with Crippen molar-refractivity contribution in [1.29, 1.82) is 0 Å². The SMILES string of the molecule is CSC1CCCCC1NC1CCN(c2ccccc2)CC1. The van der Waals surface area contributed by atoms with Crippen LogP contribution in [-0.4, -0.2) is 36.7 Å². The van der Waals surface area contributed by atoms with E-state index in [1.54, 1.807) is 0 Å². The summed E-state index contributed by atoms with van der Waals surface area (Å²) in [6.07, 6.45) is 10.5. The summed E-state index contributed by atoms with van der Waals surface area (Å²) in [4.78, 5) is 2.53. The second-order valence-corrected chi connectivity index (χ2v) is 7.51. The molecule has 0 aromatic heterocycles. The molecule has 3 heteroatoms. The van der Waals surface area contributed by atoms with Crippen molar-refractivity contribution in [2.75, 3.05) is 24.2 Å². The van der Waals surface area contributed by atoms with Crippen LogP contribution in [0.3, 0.4) is 0 Å². The Labute approximate surface area is 133 Å². The summed E-state index contributed by atoms with van der Waals surface area (Å²) in [6, 6.07) is 12.3. The van der Waals surface area contributed by atoms with Crippen molar-refractivity contribution in [1.82, 2.24) is 5.32 Å². The van der Waals surface area contributed by atoms with Gasteiger partial charge in [-0.25, -0.2) is 0 Å². The number of piperidine rings is 1. The lowest BCUT2D eigenvalue weighted by Crippen LogP contribution is -2.50. The van der Waals surface area contributed by atoms with E-state index in [0.29, 0.717) is 0 Å². The first-order valence-corrected chi connectivity index (χ1v) is 9.74. The molecule has 116 valence electrons. The molecule has 2 atom stereocenters. The van der Waals surface area contributed by atoms with E-state index in [9.17, 15) is 0 Å². The highest BCUT2D eigenvalue weighted by molar-refractivity contribution is 7.99. The molecular weight excluding hydrogens is 276 g/mol. The van der Waals surface area contributed by atoms with Gasteiger partial charge in [-0.1, -0.05) is 31.0 Å². The van der Waals surface area contributed by atoms with Crippen LogP contribution in [-0.2, 0) is 0 Å². The minimum atomic E-state index is 0.725. The molecule has 1 aliphatic heterocycles. The fourth-order valence-corrected chi connectivity index (χ4v) is 4.76. The normalized spacial score (nSPS) is 27.8. The van der Waals surface area contributed by atoms with Gasteiger partial charge in [0, 0.05) is 36.1 Å². The van der Waals surface area contributed by atoms with E-state index in [1.165, 1.54) is 57.3 Å². The van der Waals surface area contributed by atoms with E-state index >= 15 is 0 Å². The lowest BCUT2D eigenvalue weighted by atomic mass is 9.93. The third kappa shape index (κ3) is 3.95. The predicted octanol–water partition coefficient (Wildman–Crippen LogP) is 3.92. The molecule has 2 nitrogen and oxygen atoms in total. The molecule has 0 radical (unpaired) electrons. The summed E-state index contributed by atoms with van der Waals surface area (Å²) >= 11 is 2.07. The second-order valence-electron chi connectivity index (χ2n) is 6.43. The van der Waals surface area contributed by atoms with Gasteiger partial charge < -0.3 is 10.2 Å². The third-order valence-corrected chi connectivity index (χ3v) is 6.24. The third-order valence-electron chi connectivity index (χ3n) is 5.07. The molecule has 1 aromatic rings. The van der Waals surface area contributed by atoms with Gasteiger partial charge in [0.05, 0.1) is 0 Å². The number of hydrogen-bond donors (Lipinski definition) is 1. The summed E-state index contributed by atoms with van der Waals surface area (Å²) in [5.41, 5.74) is 1.38.